The number of benzene rings is 1. The normalized spacial score (nSPS) is 12.4. The molecule has 0 unspecified atom stereocenters. The van der Waals surface area contributed by atoms with Crippen LogP contribution in [0.25, 0.3) is 0 Å². The average molecular weight is 760 g/mol. The van der Waals surface area contributed by atoms with E-state index in [0.29, 0.717) is 7.14 Å². The summed E-state index contributed by atoms with van der Waals surface area (Å²) in [6.07, 6.45) is 0.818. The van der Waals surface area contributed by atoms with Crippen molar-refractivity contribution < 1.29 is 23.1 Å². The molecular weight excluding hydrogens is 754 g/mol. The van der Waals surface area contributed by atoms with Crippen LogP contribution in [0.4, 0.5) is 0 Å². The number of esters is 1. The summed E-state index contributed by atoms with van der Waals surface area (Å²) in [6.45, 7) is 0. The van der Waals surface area contributed by atoms with Crippen LogP contribution in [-0.4, -0.2) is 33.7 Å². The fraction of sp³-hybridized carbons (Fsp3) is 0.200. The van der Waals surface area contributed by atoms with Gasteiger partial charge in [-0.15, -0.1) is 0 Å². The molecule has 0 saturated carbocycles. The molecule has 116 valence electrons. The maximum atomic E-state index is 12.2. The first kappa shape index (κ1) is 20.1. The number of rotatable bonds is 3. The monoisotopic (exact) mass is 760 g/mol. The molecule has 0 heterocycles. The molecule has 0 bridgehead atoms. The van der Waals surface area contributed by atoms with Crippen molar-refractivity contribution in [3.8, 4) is 0 Å². The minimum Gasteiger partial charge on any atom is -0.858 e. The first-order chi connectivity index (χ1) is 9.51. The van der Waals surface area contributed by atoms with Crippen LogP contribution in [0.2, 0.25) is 0 Å². The number of ether oxygens (including phenoxy) is 1. The minimum atomic E-state index is -3.86. The molecule has 1 rings (SSSR count). The maximum absolute atomic E-state index is 12.2. The van der Waals surface area contributed by atoms with Crippen LogP contribution in [-0.2, 0) is 14.8 Å². The molecule has 21 heavy (non-hydrogen) atoms. The lowest BCUT2D eigenvalue weighted by atomic mass is 10.1. The van der Waals surface area contributed by atoms with E-state index >= 15 is 0 Å². The third-order valence-electron chi connectivity index (χ3n) is 2.12. The summed E-state index contributed by atoms with van der Waals surface area (Å²) < 4.78 is 32.8. The van der Waals surface area contributed by atoms with E-state index in [1.807, 2.05) is 67.8 Å². The Morgan fingerprint density at radius 2 is 1.48 bits per heavy atom. The van der Waals surface area contributed by atoms with Gasteiger partial charge >= 0.3 is 5.97 Å². The van der Waals surface area contributed by atoms with Crippen LogP contribution >= 0.6 is 90.4 Å². The Morgan fingerprint density at radius 3 is 1.86 bits per heavy atom. The topological polar surface area (TPSA) is 95.9 Å². The van der Waals surface area contributed by atoms with Gasteiger partial charge in [0.15, 0.2) is 0 Å². The van der Waals surface area contributed by atoms with E-state index in [-0.39, 0.29) is 11.1 Å². The van der Waals surface area contributed by atoms with Gasteiger partial charge in [0.2, 0.25) is 10.0 Å². The third kappa shape index (κ3) is 4.75. The Balaban J connectivity index is 3.88. The van der Waals surface area contributed by atoms with Crippen molar-refractivity contribution in [3.63, 3.8) is 0 Å². The molecule has 6 nitrogen and oxygen atoms in total. The molecule has 11 heteroatoms. The Bertz CT molecular complexity index is 745. The van der Waals surface area contributed by atoms with Crippen LogP contribution in [0, 0.1) is 14.3 Å². The highest BCUT2D eigenvalue weighted by atomic mass is 127. The average Bonchev–Trinajstić information content (AvgIpc) is 2.37. The maximum Gasteiger partial charge on any atom is 0.339 e. The van der Waals surface area contributed by atoms with Gasteiger partial charge < -0.3 is 9.84 Å². The molecule has 1 aromatic rings. The van der Waals surface area contributed by atoms with Crippen LogP contribution in [0.3, 0.4) is 0 Å². The minimum absolute atomic E-state index is 0.0321. The summed E-state index contributed by atoms with van der Waals surface area (Å²) >= 11 is 7.89. The first-order valence-corrected chi connectivity index (χ1v) is 11.1. The lowest BCUT2D eigenvalue weighted by Crippen LogP contribution is -2.27. The quantitative estimate of drug-likeness (QED) is 0.117. The van der Waals surface area contributed by atoms with Gasteiger partial charge in [0.25, 0.3) is 0 Å². The predicted molar refractivity (Wildman–Crippen MR) is 110 cm³/mol. The van der Waals surface area contributed by atoms with E-state index in [1.54, 1.807) is 0 Å². The SMILES string of the molecule is COC(=O)c1c(I)c(I)c(I)c(I)c1/C([O-])=N/S(C)(=O)=O. The molecular formula is C10H6I4NO5S-. The van der Waals surface area contributed by atoms with Crippen molar-refractivity contribution in [3.05, 3.63) is 25.4 Å². The summed E-state index contributed by atoms with van der Waals surface area (Å²) in [5.41, 5.74) is -0.0215. The molecule has 0 spiro atoms. The molecule has 0 amide bonds. The summed E-state index contributed by atoms with van der Waals surface area (Å²) in [6, 6.07) is 0. The van der Waals surface area contributed by atoms with Gasteiger partial charge in [-0.2, -0.15) is 4.40 Å². The molecule has 0 aromatic heterocycles. The Hall–Kier alpha value is 1.03. The Morgan fingerprint density at radius 1 is 1.05 bits per heavy atom. The van der Waals surface area contributed by atoms with Crippen molar-refractivity contribution >= 4 is 112 Å². The molecule has 0 atom stereocenters. The van der Waals surface area contributed by atoms with Crippen LogP contribution in [0.5, 0.6) is 0 Å². The highest BCUT2D eigenvalue weighted by molar-refractivity contribution is 14.1. The van der Waals surface area contributed by atoms with Crippen molar-refractivity contribution in [2.75, 3.05) is 13.4 Å². The van der Waals surface area contributed by atoms with E-state index in [0.717, 1.165) is 13.4 Å². The predicted octanol–water partition coefficient (Wildman–Crippen LogP) is 1.96. The lowest BCUT2D eigenvalue weighted by molar-refractivity contribution is -0.212. The zero-order chi connectivity index (χ0) is 16.5. The fourth-order valence-electron chi connectivity index (χ4n) is 1.32. The smallest absolute Gasteiger partial charge is 0.339 e. The number of nitrogens with zero attached hydrogens (tertiary/aromatic N) is 1. The summed E-state index contributed by atoms with van der Waals surface area (Å²) in [4.78, 5) is 12.0. The number of carbonyl (C=O) groups excluding carboxylic acids is 1. The van der Waals surface area contributed by atoms with Gasteiger partial charge in [-0.25, -0.2) is 13.2 Å². The second kappa shape index (κ2) is 7.73. The molecule has 0 aliphatic carbocycles. The highest BCUT2D eigenvalue weighted by Gasteiger charge is 2.24. The zero-order valence-corrected chi connectivity index (χ0v) is 19.9. The van der Waals surface area contributed by atoms with Gasteiger partial charge in [0.1, 0.15) is 0 Å². The molecule has 0 aliphatic heterocycles. The van der Waals surface area contributed by atoms with E-state index < -0.39 is 21.9 Å². The second-order valence-corrected chi connectivity index (χ2v) is 9.59. The summed E-state index contributed by atoms with van der Waals surface area (Å²) in [5, 5.41) is 12.2. The van der Waals surface area contributed by atoms with Crippen LogP contribution < -0.4 is 5.11 Å². The van der Waals surface area contributed by atoms with Gasteiger partial charge in [-0.05, 0) is 90.4 Å². The Kier molecular flexibility index (Phi) is 7.39. The highest BCUT2D eigenvalue weighted by Crippen LogP contribution is 2.33. The van der Waals surface area contributed by atoms with Gasteiger partial charge in [-0.3, -0.25) is 0 Å². The number of halogens is 4. The number of hydrogen-bond acceptors (Lipinski definition) is 5. The van der Waals surface area contributed by atoms with Gasteiger partial charge in [-0.1, -0.05) is 0 Å². The van der Waals surface area contributed by atoms with Crippen LogP contribution in [0.15, 0.2) is 4.40 Å². The van der Waals surface area contributed by atoms with E-state index in [2.05, 4.69) is 27.0 Å². The number of hydrogen-bond donors (Lipinski definition) is 0. The first-order valence-electron chi connectivity index (χ1n) is 4.92. The zero-order valence-electron chi connectivity index (χ0n) is 10.4. The van der Waals surface area contributed by atoms with E-state index in [9.17, 15) is 18.3 Å². The largest absolute Gasteiger partial charge is 0.858 e. The van der Waals surface area contributed by atoms with E-state index in [1.165, 1.54) is 7.11 Å². The summed E-state index contributed by atoms with van der Waals surface area (Å²) in [7, 11) is -2.67. The lowest BCUT2D eigenvalue weighted by Gasteiger charge is -2.19. The fourth-order valence-corrected chi connectivity index (χ4v) is 5.36. The standard InChI is InChI=1S/C10H7I4NO5S/c1-20-10(17)4-3(9(16)15-21(2,18)19)5(11)7(13)8(14)6(4)12/h1-2H3,(H,15,16)/p-1. The Labute approximate surface area is 176 Å². The van der Waals surface area contributed by atoms with Crippen molar-refractivity contribution in [2.45, 2.75) is 0 Å². The van der Waals surface area contributed by atoms with Gasteiger partial charge in [0, 0.05) is 25.7 Å². The molecule has 0 saturated heterocycles. The van der Waals surface area contributed by atoms with Gasteiger partial charge in [0.05, 0.1) is 18.9 Å². The number of sulfonamides is 1. The molecule has 1 aromatic carbocycles. The van der Waals surface area contributed by atoms with Crippen LogP contribution in [0.1, 0.15) is 15.9 Å². The van der Waals surface area contributed by atoms with Crippen molar-refractivity contribution in [1.82, 2.24) is 0 Å². The third-order valence-corrected chi connectivity index (χ3v) is 10.0. The number of carbonyl (C=O) groups is 1. The molecule has 0 N–H and O–H groups in total. The van der Waals surface area contributed by atoms with Crippen molar-refractivity contribution in [1.29, 1.82) is 0 Å². The van der Waals surface area contributed by atoms with Crippen molar-refractivity contribution in [2.24, 2.45) is 4.40 Å². The molecule has 0 aliphatic rings. The molecule has 0 fully saturated rings. The second-order valence-electron chi connectivity index (χ2n) is 3.63. The van der Waals surface area contributed by atoms with E-state index in [4.69, 9.17) is 4.74 Å². The molecule has 0 radical (unpaired) electrons. The number of methoxy groups -OCH3 is 1. The summed E-state index contributed by atoms with van der Waals surface area (Å²) in [5.74, 6) is -1.69.